The molecule has 0 heterocycles. The lowest BCUT2D eigenvalue weighted by Crippen LogP contribution is -2.38. The molecule has 0 aliphatic carbocycles. The normalized spacial score (nSPS) is 12.4. The summed E-state index contributed by atoms with van der Waals surface area (Å²) in [6.07, 6.45) is 0. The Hall–Kier alpha value is -2.89. The predicted octanol–water partition coefficient (Wildman–Crippen LogP) is 4.01. The molecule has 2 aromatic rings. The van der Waals surface area contributed by atoms with E-state index >= 15 is 0 Å². The van der Waals surface area contributed by atoms with Crippen LogP contribution in [0.15, 0.2) is 47.5 Å². The number of nitrogens with zero attached hydrogens (tertiary/aromatic N) is 1. The van der Waals surface area contributed by atoms with E-state index in [1.807, 2.05) is 51.1 Å². The molecule has 0 saturated carbocycles. The SMILES string of the molecule is CCNC(=NCc1cccc(O)c1)NC(C)c1ccc(OCC)c(OCC)c1. The summed E-state index contributed by atoms with van der Waals surface area (Å²) < 4.78 is 11.4. The van der Waals surface area contributed by atoms with Gasteiger partial charge in [0.05, 0.1) is 25.8 Å². The van der Waals surface area contributed by atoms with Gasteiger partial charge in [-0.2, -0.15) is 0 Å². The van der Waals surface area contributed by atoms with Gasteiger partial charge in [-0.05, 0) is 63.1 Å². The third kappa shape index (κ3) is 6.37. The minimum absolute atomic E-state index is 0.0249. The van der Waals surface area contributed by atoms with Gasteiger partial charge in [0.15, 0.2) is 17.5 Å². The Morgan fingerprint density at radius 1 is 1.04 bits per heavy atom. The highest BCUT2D eigenvalue weighted by Gasteiger charge is 2.12. The first kappa shape index (κ1) is 21.4. The Morgan fingerprint density at radius 2 is 1.79 bits per heavy atom. The third-order valence-corrected chi connectivity index (χ3v) is 4.10. The highest BCUT2D eigenvalue weighted by atomic mass is 16.5. The number of aromatic hydroxyl groups is 1. The molecule has 152 valence electrons. The Kier molecular flexibility index (Phi) is 8.46. The number of nitrogens with one attached hydrogen (secondary N) is 2. The molecule has 1 unspecified atom stereocenters. The smallest absolute Gasteiger partial charge is 0.192 e. The van der Waals surface area contributed by atoms with Crippen LogP contribution in [0.3, 0.4) is 0 Å². The number of aliphatic imine (C=N–C) groups is 1. The van der Waals surface area contributed by atoms with Crippen molar-refractivity contribution in [2.45, 2.75) is 40.3 Å². The standard InChI is InChI=1S/C22H31N3O3/c1-5-23-22(24-15-17-9-8-10-19(26)13-17)25-16(4)18-11-12-20(27-6-2)21(14-18)28-7-3/h8-14,16,26H,5-7,15H2,1-4H3,(H2,23,24,25). The molecule has 2 aromatic carbocycles. The van der Waals surface area contributed by atoms with Crippen molar-refractivity contribution in [2.75, 3.05) is 19.8 Å². The topological polar surface area (TPSA) is 75.1 Å². The summed E-state index contributed by atoms with van der Waals surface area (Å²) in [7, 11) is 0. The lowest BCUT2D eigenvalue weighted by molar-refractivity contribution is 0.287. The molecule has 6 nitrogen and oxygen atoms in total. The molecule has 0 aliphatic rings. The molecule has 0 aliphatic heterocycles. The van der Waals surface area contributed by atoms with Crippen molar-refractivity contribution in [2.24, 2.45) is 4.99 Å². The van der Waals surface area contributed by atoms with Gasteiger partial charge >= 0.3 is 0 Å². The minimum atomic E-state index is 0.0249. The average molecular weight is 386 g/mol. The zero-order chi connectivity index (χ0) is 20.4. The molecule has 6 heteroatoms. The van der Waals surface area contributed by atoms with Gasteiger partial charge < -0.3 is 25.2 Å². The van der Waals surface area contributed by atoms with E-state index in [9.17, 15) is 5.11 Å². The van der Waals surface area contributed by atoms with Crippen molar-refractivity contribution >= 4 is 5.96 Å². The van der Waals surface area contributed by atoms with E-state index < -0.39 is 0 Å². The first-order valence-electron chi connectivity index (χ1n) is 9.79. The van der Waals surface area contributed by atoms with Crippen molar-refractivity contribution in [1.82, 2.24) is 10.6 Å². The van der Waals surface area contributed by atoms with Crippen LogP contribution in [0, 0.1) is 0 Å². The Morgan fingerprint density at radius 3 is 2.46 bits per heavy atom. The summed E-state index contributed by atoms with van der Waals surface area (Å²) in [6, 6.07) is 13.1. The van der Waals surface area contributed by atoms with Crippen LogP contribution in [-0.2, 0) is 6.54 Å². The van der Waals surface area contributed by atoms with Crippen molar-refractivity contribution in [3.8, 4) is 17.2 Å². The van der Waals surface area contributed by atoms with Crippen LogP contribution in [0.25, 0.3) is 0 Å². The summed E-state index contributed by atoms with van der Waals surface area (Å²) in [4.78, 5) is 4.62. The van der Waals surface area contributed by atoms with Crippen molar-refractivity contribution < 1.29 is 14.6 Å². The number of benzene rings is 2. The van der Waals surface area contributed by atoms with E-state index in [2.05, 4.69) is 22.5 Å². The molecule has 0 radical (unpaired) electrons. The Labute approximate surface area is 167 Å². The van der Waals surface area contributed by atoms with Gasteiger partial charge in [-0.25, -0.2) is 4.99 Å². The zero-order valence-electron chi connectivity index (χ0n) is 17.2. The minimum Gasteiger partial charge on any atom is -0.508 e. The molecule has 2 rings (SSSR count). The summed E-state index contributed by atoms with van der Waals surface area (Å²) in [5.74, 6) is 2.46. The molecule has 3 N–H and O–H groups in total. The maximum absolute atomic E-state index is 9.60. The number of ether oxygens (including phenoxy) is 2. The van der Waals surface area contributed by atoms with Crippen LogP contribution in [0.2, 0.25) is 0 Å². The summed E-state index contributed by atoms with van der Waals surface area (Å²) in [5, 5.41) is 16.3. The second kappa shape index (κ2) is 11.1. The maximum atomic E-state index is 9.60. The van der Waals surface area contributed by atoms with Gasteiger partial charge in [-0.15, -0.1) is 0 Å². The van der Waals surface area contributed by atoms with E-state index in [-0.39, 0.29) is 11.8 Å². The van der Waals surface area contributed by atoms with Crippen molar-refractivity contribution in [3.05, 3.63) is 53.6 Å². The number of hydrogen-bond donors (Lipinski definition) is 3. The molecule has 0 spiro atoms. The fourth-order valence-electron chi connectivity index (χ4n) is 2.77. The van der Waals surface area contributed by atoms with E-state index in [0.29, 0.717) is 25.7 Å². The van der Waals surface area contributed by atoms with Crippen LogP contribution in [0.1, 0.15) is 44.9 Å². The Bertz CT molecular complexity index is 777. The highest BCUT2D eigenvalue weighted by Crippen LogP contribution is 2.30. The van der Waals surface area contributed by atoms with Crippen molar-refractivity contribution in [1.29, 1.82) is 0 Å². The monoisotopic (exact) mass is 385 g/mol. The van der Waals surface area contributed by atoms with Crippen LogP contribution < -0.4 is 20.1 Å². The molecular formula is C22H31N3O3. The fourth-order valence-corrected chi connectivity index (χ4v) is 2.77. The molecule has 0 aromatic heterocycles. The zero-order valence-corrected chi connectivity index (χ0v) is 17.2. The molecule has 0 bridgehead atoms. The lowest BCUT2D eigenvalue weighted by atomic mass is 10.1. The highest BCUT2D eigenvalue weighted by molar-refractivity contribution is 5.80. The van der Waals surface area contributed by atoms with Gasteiger partial charge in [0.1, 0.15) is 5.75 Å². The first-order chi connectivity index (χ1) is 13.6. The van der Waals surface area contributed by atoms with E-state index in [0.717, 1.165) is 29.2 Å². The van der Waals surface area contributed by atoms with Gasteiger partial charge in [0.25, 0.3) is 0 Å². The largest absolute Gasteiger partial charge is 0.508 e. The molecule has 0 amide bonds. The molecular weight excluding hydrogens is 354 g/mol. The molecule has 1 atom stereocenters. The predicted molar refractivity (Wildman–Crippen MR) is 113 cm³/mol. The van der Waals surface area contributed by atoms with Crippen LogP contribution in [0.4, 0.5) is 0 Å². The van der Waals surface area contributed by atoms with Crippen LogP contribution in [-0.4, -0.2) is 30.8 Å². The van der Waals surface area contributed by atoms with Gasteiger partial charge in [0, 0.05) is 6.54 Å². The quantitative estimate of drug-likeness (QED) is 0.449. The van der Waals surface area contributed by atoms with Crippen molar-refractivity contribution in [3.63, 3.8) is 0 Å². The van der Waals surface area contributed by atoms with E-state index in [4.69, 9.17) is 9.47 Å². The maximum Gasteiger partial charge on any atom is 0.192 e. The van der Waals surface area contributed by atoms with E-state index in [1.165, 1.54) is 0 Å². The van der Waals surface area contributed by atoms with Gasteiger partial charge in [0.2, 0.25) is 0 Å². The number of rotatable bonds is 9. The number of phenolic OH excluding ortho intramolecular Hbond substituents is 1. The molecule has 28 heavy (non-hydrogen) atoms. The first-order valence-corrected chi connectivity index (χ1v) is 9.79. The van der Waals surface area contributed by atoms with Gasteiger partial charge in [-0.3, -0.25) is 0 Å². The van der Waals surface area contributed by atoms with Crippen LogP contribution in [0.5, 0.6) is 17.2 Å². The summed E-state index contributed by atoms with van der Waals surface area (Å²) in [5.41, 5.74) is 2.03. The summed E-state index contributed by atoms with van der Waals surface area (Å²) in [6.45, 7) is 10.4. The molecule has 0 saturated heterocycles. The van der Waals surface area contributed by atoms with Crippen LogP contribution >= 0.6 is 0 Å². The second-order valence-corrected chi connectivity index (χ2v) is 6.30. The third-order valence-electron chi connectivity index (χ3n) is 4.10. The average Bonchev–Trinajstić information content (AvgIpc) is 2.68. The number of hydrogen-bond acceptors (Lipinski definition) is 4. The molecule has 0 fully saturated rings. The summed E-state index contributed by atoms with van der Waals surface area (Å²) >= 11 is 0. The lowest BCUT2D eigenvalue weighted by Gasteiger charge is -2.20. The second-order valence-electron chi connectivity index (χ2n) is 6.30. The van der Waals surface area contributed by atoms with Gasteiger partial charge in [-0.1, -0.05) is 18.2 Å². The fraction of sp³-hybridized carbons (Fsp3) is 0.409. The van der Waals surface area contributed by atoms with E-state index in [1.54, 1.807) is 12.1 Å². The Balaban J connectivity index is 2.13. The number of guanidine groups is 1. The number of phenols is 1.